The molecule has 1 saturated carbocycles. The van der Waals surface area contributed by atoms with Crippen molar-refractivity contribution in [3.8, 4) is 0 Å². The SMILES string of the molecule is CN(C1CC1)C1CCN(C(=O)CCc2cc(Cl)c(N)c(C(F)(F)F)c2)CC1. The van der Waals surface area contributed by atoms with Crippen molar-refractivity contribution in [2.75, 3.05) is 25.9 Å². The molecule has 1 amide bonds. The summed E-state index contributed by atoms with van der Waals surface area (Å²) in [7, 11) is 2.16. The molecule has 8 heteroatoms. The van der Waals surface area contributed by atoms with Gasteiger partial charge in [0, 0.05) is 31.6 Å². The Morgan fingerprint density at radius 3 is 2.37 bits per heavy atom. The number of nitrogens with zero attached hydrogens (tertiary/aromatic N) is 2. The Labute approximate surface area is 162 Å². The molecule has 150 valence electrons. The molecule has 0 aromatic heterocycles. The predicted molar refractivity (Wildman–Crippen MR) is 99.6 cm³/mol. The van der Waals surface area contributed by atoms with Crippen molar-refractivity contribution in [2.45, 2.75) is 56.8 Å². The largest absolute Gasteiger partial charge is 0.418 e. The maximum Gasteiger partial charge on any atom is 0.418 e. The molecule has 3 rings (SSSR count). The average Bonchev–Trinajstić information content (AvgIpc) is 3.46. The van der Waals surface area contributed by atoms with Crippen LogP contribution in [0.2, 0.25) is 5.02 Å². The molecule has 0 spiro atoms. The van der Waals surface area contributed by atoms with Crippen LogP contribution in [0.1, 0.15) is 43.2 Å². The van der Waals surface area contributed by atoms with Crippen LogP contribution in [0.15, 0.2) is 12.1 Å². The topological polar surface area (TPSA) is 49.6 Å². The fraction of sp³-hybridized carbons (Fsp3) is 0.632. The summed E-state index contributed by atoms with van der Waals surface area (Å²) in [5.41, 5.74) is 4.40. The molecule has 2 aliphatic rings. The summed E-state index contributed by atoms with van der Waals surface area (Å²) in [6, 6.07) is 3.63. The second-order valence-electron chi connectivity index (χ2n) is 7.55. The lowest BCUT2D eigenvalue weighted by atomic mass is 10.0. The van der Waals surface area contributed by atoms with Gasteiger partial charge in [0.2, 0.25) is 5.91 Å². The molecule has 1 heterocycles. The molecule has 0 radical (unpaired) electrons. The number of benzene rings is 1. The van der Waals surface area contributed by atoms with Gasteiger partial charge < -0.3 is 15.5 Å². The third kappa shape index (κ3) is 4.88. The number of alkyl halides is 3. The summed E-state index contributed by atoms with van der Waals surface area (Å²) in [5.74, 6) is -0.0240. The van der Waals surface area contributed by atoms with Crippen LogP contribution in [-0.4, -0.2) is 47.9 Å². The van der Waals surface area contributed by atoms with E-state index in [9.17, 15) is 18.0 Å². The van der Waals surface area contributed by atoms with Crippen LogP contribution in [0, 0.1) is 0 Å². The Bertz CT molecular complexity index is 698. The van der Waals surface area contributed by atoms with Gasteiger partial charge in [0.1, 0.15) is 0 Å². The molecule has 4 nitrogen and oxygen atoms in total. The van der Waals surface area contributed by atoms with E-state index in [1.807, 2.05) is 4.90 Å². The van der Waals surface area contributed by atoms with Gasteiger partial charge in [-0.2, -0.15) is 13.2 Å². The minimum absolute atomic E-state index is 0.0240. The summed E-state index contributed by atoms with van der Waals surface area (Å²) < 4.78 is 39.1. The smallest absolute Gasteiger partial charge is 0.397 e. The van der Waals surface area contributed by atoms with Gasteiger partial charge in [-0.3, -0.25) is 4.79 Å². The van der Waals surface area contributed by atoms with Crippen molar-refractivity contribution in [1.82, 2.24) is 9.80 Å². The van der Waals surface area contributed by atoms with Crippen LogP contribution in [0.25, 0.3) is 0 Å². The molecular weight excluding hydrogens is 379 g/mol. The summed E-state index contributed by atoms with van der Waals surface area (Å²) in [4.78, 5) is 16.7. The van der Waals surface area contributed by atoms with Crippen molar-refractivity contribution in [3.05, 3.63) is 28.3 Å². The van der Waals surface area contributed by atoms with Gasteiger partial charge in [-0.25, -0.2) is 0 Å². The zero-order valence-corrected chi connectivity index (χ0v) is 16.1. The fourth-order valence-electron chi connectivity index (χ4n) is 3.76. The molecule has 27 heavy (non-hydrogen) atoms. The molecule has 2 fully saturated rings. The van der Waals surface area contributed by atoms with E-state index in [4.69, 9.17) is 17.3 Å². The van der Waals surface area contributed by atoms with Gasteiger partial charge in [0.05, 0.1) is 16.3 Å². The van der Waals surface area contributed by atoms with Crippen LogP contribution in [0.4, 0.5) is 18.9 Å². The van der Waals surface area contributed by atoms with Gasteiger partial charge in [-0.1, -0.05) is 11.6 Å². The molecule has 1 aliphatic heterocycles. The highest BCUT2D eigenvalue weighted by molar-refractivity contribution is 6.33. The predicted octanol–water partition coefficient (Wildman–Crippen LogP) is 3.96. The number of likely N-dealkylation sites (tertiary alicyclic amines) is 1. The molecule has 2 N–H and O–H groups in total. The van der Waals surface area contributed by atoms with Crippen molar-refractivity contribution >= 4 is 23.2 Å². The van der Waals surface area contributed by atoms with Gasteiger partial charge in [-0.15, -0.1) is 0 Å². The lowest BCUT2D eigenvalue weighted by Crippen LogP contribution is -2.46. The minimum Gasteiger partial charge on any atom is -0.397 e. The molecule has 1 saturated heterocycles. The molecular formula is C19H25ClF3N3O. The Hall–Kier alpha value is -1.47. The van der Waals surface area contributed by atoms with E-state index >= 15 is 0 Å². The lowest BCUT2D eigenvalue weighted by molar-refractivity contribution is -0.137. The van der Waals surface area contributed by atoms with Gasteiger partial charge >= 0.3 is 6.18 Å². The number of hydrogen-bond acceptors (Lipinski definition) is 3. The Morgan fingerprint density at radius 1 is 1.22 bits per heavy atom. The summed E-state index contributed by atoms with van der Waals surface area (Å²) in [5, 5.41) is -0.129. The highest BCUT2D eigenvalue weighted by Crippen LogP contribution is 2.38. The fourth-order valence-corrected chi connectivity index (χ4v) is 4.01. The number of piperidine rings is 1. The molecule has 1 aromatic carbocycles. The normalized spacial score (nSPS) is 19.0. The zero-order valence-electron chi connectivity index (χ0n) is 15.4. The Balaban J connectivity index is 1.54. The summed E-state index contributed by atoms with van der Waals surface area (Å²) in [6.45, 7) is 1.41. The van der Waals surface area contributed by atoms with Gasteiger partial charge in [-0.05, 0) is 56.8 Å². The van der Waals surface area contributed by atoms with Crippen molar-refractivity contribution < 1.29 is 18.0 Å². The highest BCUT2D eigenvalue weighted by Gasteiger charge is 2.35. The second kappa shape index (κ2) is 7.87. The first kappa shape index (κ1) is 20.3. The Kier molecular flexibility index (Phi) is 5.91. The van der Waals surface area contributed by atoms with E-state index in [0.717, 1.165) is 18.9 Å². The van der Waals surface area contributed by atoms with E-state index in [0.29, 0.717) is 30.7 Å². The average molecular weight is 404 g/mol. The second-order valence-corrected chi connectivity index (χ2v) is 7.95. The number of nitrogen functional groups attached to an aromatic ring is 1. The molecule has 1 aromatic rings. The van der Waals surface area contributed by atoms with E-state index in [2.05, 4.69) is 11.9 Å². The molecule has 0 bridgehead atoms. The lowest BCUT2D eigenvalue weighted by Gasteiger charge is -2.37. The number of rotatable bonds is 5. The van der Waals surface area contributed by atoms with E-state index in [1.54, 1.807) is 0 Å². The van der Waals surface area contributed by atoms with E-state index in [-0.39, 0.29) is 23.8 Å². The van der Waals surface area contributed by atoms with Crippen molar-refractivity contribution in [3.63, 3.8) is 0 Å². The molecule has 0 unspecified atom stereocenters. The minimum atomic E-state index is -4.57. The highest BCUT2D eigenvalue weighted by atomic mass is 35.5. The van der Waals surface area contributed by atoms with Crippen LogP contribution >= 0.6 is 11.6 Å². The van der Waals surface area contributed by atoms with Crippen molar-refractivity contribution in [1.29, 1.82) is 0 Å². The first-order chi connectivity index (χ1) is 12.7. The number of nitrogens with two attached hydrogens (primary N) is 1. The van der Waals surface area contributed by atoms with Crippen LogP contribution in [-0.2, 0) is 17.4 Å². The number of halogens is 4. The van der Waals surface area contributed by atoms with Gasteiger partial charge in [0.15, 0.2) is 0 Å². The maximum absolute atomic E-state index is 13.0. The van der Waals surface area contributed by atoms with Crippen molar-refractivity contribution in [2.24, 2.45) is 0 Å². The summed E-state index contributed by atoms with van der Waals surface area (Å²) >= 11 is 5.84. The number of carbonyl (C=O) groups excluding carboxylic acids is 1. The van der Waals surface area contributed by atoms with E-state index < -0.39 is 17.4 Å². The number of amides is 1. The monoisotopic (exact) mass is 403 g/mol. The first-order valence-corrected chi connectivity index (χ1v) is 9.69. The number of carbonyl (C=O) groups is 1. The van der Waals surface area contributed by atoms with Crippen LogP contribution in [0.5, 0.6) is 0 Å². The quantitative estimate of drug-likeness (QED) is 0.757. The first-order valence-electron chi connectivity index (χ1n) is 9.31. The third-order valence-electron chi connectivity index (χ3n) is 5.64. The van der Waals surface area contributed by atoms with Crippen LogP contribution in [0.3, 0.4) is 0 Å². The summed E-state index contributed by atoms with van der Waals surface area (Å²) in [6.07, 6.45) is 0.239. The van der Waals surface area contributed by atoms with E-state index in [1.165, 1.54) is 18.9 Å². The third-order valence-corrected chi connectivity index (χ3v) is 5.95. The molecule has 1 aliphatic carbocycles. The zero-order chi connectivity index (χ0) is 19.8. The molecule has 0 atom stereocenters. The van der Waals surface area contributed by atoms with Crippen LogP contribution < -0.4 is 5.73 Å². The Morgan fingerprint density at radius 2 is 1.81 bits per heavy atom. The standard InChI is InChI=1S/C19H25ClF3N3O/c1-25(13-3-4-13)14-6-8-26(9-7-14)17(27)5-2-12-10-15(19(21,22)23)18(24)16(20)11-12/h10-11,13-14H,2-9,24H2,1H3. The maximum atomic E-state index is 13.0. The number of hydrogen-bond donors (Lipinski definition) is 1. The number of anilines is 1. The van der Waals surface area contributed by atoms with Gasteiger partial charge in [0.25, 0.3) is 0 Å². The number of aryl methyl sites for hydroxylation is 1.